The van der Waals surface area contributed by atoms with Crippen LogP contribution < -0.4 is 10.6 Å². The van der Waals surface area contributed by atoms with Crippen molar-refractivity contribution in [2.45, 2.75) is 33.4 Å². The van der Waals surface area contributed by atoms with Gasteiger partial charge in [-0.25, -0.2) is 9.67 Å². The Morgan fingerprint density at radius 1 is 1.25 bits per heavy atom. The van der Waals surface area contributed by atoms with Crippen molar-refractivity contribution in [2.75, 3.05) is 6.54 Å². The lowest BCUT2D eigenvalue weighted by Gasteiger charge is -2.19. The molecule has 0 bridgehead atoms. The average molecular weight is 494 g/mol. The van der Waals surface area contributed by atoms with E-state index in [2.05, 4.69) is 50.0 Å². The number of rotatable bonds is 6. The summed E-state index contributed by atoms with van der Waals surface area (Å²) in [6.07, 6.45) is 3.71. The molecule has 1 atom stereocenters. The molecule has 2 aromatic heterocycles. The minimum Gasteiger partial charge on any atom is -0.357 e. The lowest BCUT2D eigenvalue weighted by molar-refractivity contribution is 0.680. The highest BCUT2D eigenvalue weighted by atomic mass is 127. The first-order valence-electron chi connectivity index (χ1n) is 9.08. The summed E-state index contributed by atoms with van der Waals surface area (Å²) in [6.45, 7) is 7.34. The van der Waals surface area contributed by atoms with E-state index in [9.17, 15) is 0 Å². The summed E-state index contributed by atoms with van der Waals surface area (Å²) in [7, 11) is 1.95. The molecule has 1 unspecified atom stereocenters. The Kier molecular flexibility index (Phi) is 7.97. The van der Waals surface area contributed by atoms with E-state index in [1.54, 1.807) is 6.20 Å². The highest BCUT2D eigenvalue weighted by molar-refractivity contribution is 14.0. The highest BCUT2D eigenvalue weighted by Gasteiger charge is 2.10. The normalized spacial score (nSPS) is 12.4. The third-order valence-electron chi connectivity index (χ3n) is 4.40. The molecule has 28 heavy (non-hydrogen) atoms. The zero-order valence-electron chi connectivity index (χ0n) is 16.6. The summed E-state index contributed by atoms with van der Waals surface area (Å²) in [4.78, 5) is 4.65. The van der Waals surface area contributed by atoms with Gasteiger partial charge in [0.05, 0.1) is 11.7 Å². The van der Waals surface area contributed by atoms with Crippen molar-refractivity contribution in [1.29, 1.82) is 0 Å². The van der Waals surface area contributed by atoms with Crippen LogP contribution in [0.4, 0.5) is 0 Å². The number of guanidine groups is 1. The van der Waals surface area contributed by atoms with E-state index in [1.807, 2.05) is 54.5 Å². The predicted octanol–water partition coefficient (Wildman–Crippen LogP) is 2.74. The Morgan fingerprint density at radius 2 is 2.07 bits per heavy atom. The number of hydrogen-bond donors (Lipinski definition) is 2. The van der Waals surface area contributed by atoms with E-state index in [4.69, 9.17) is 0 Å². The molecule has 0 saturated carbocycles. The molecular formula is C19H27IN8. The van der Waals surface area contributed by atoms with Gasteiger partial charge < -0.3 is 15.2 Å². The number of nitrogens with zero attached hydrogens (tertiary/aromatic N) is 6. The van der Waals surface area contributed by atoms with Gasteiger partial charge in [0.15, 0.2) is 11.8 Å². The van der Waals surface area contributed by atoms with Gasteiger partial charge in [-0.05, 0) is 44.5 Å². The molecule has 150 valence electrons. The second-order valence-corrected chi connectivity index (χ2v) is 6.33. The number of halogens is 1. The minimum atomic E-state index is 0. The van der Waals surface area contributed by atoms with E-state index < -0.39 is 0 Å². The van der Waals surface area contributed by atoms with Gasteiger partial charge in [-0.3, -0.25) is 0 Å². The fourth-order valence-corrected chi connectivity index (χ4v) is 2.71. The van der Waals surface area contributed by atoms with Gasteiger partial charge in [0.2, 0.25) is 0 Å². The topological polar surface area (TPSA) is 85.0 Å². The second kappa shape index (κ2) is 10.2. The summed E-state index contributed by atoms with van der Waals surface area (Å²) >= 11 is 0. The summed E-state index contributed by atoms with van der Waals surface area (Å²) in [5.74, 6) is 2.45. The Balaban J connectivity index is 0.00000280. The fraction of sp³-hybridized carbons (Fsp3) is 0.368. The van der Waals surface area contributed by atoms with Crippen molar-refractivity contribution >= 4 is 29.9 Å². The van der Waals surface area contributed by atoms with Crippen LogP contribution >= 0.6 is 24.0 Å². The molecule has 0 aliphatic rings. The highest BCUT2D eigenvalue weighted by Crippen LogP contribution is 2.16. The summed E-state index contributed by atoms with van der Waals surface area (Å²) < 4.78 is 3.80. The Hall–Kier alpha value is -2.43. The molecule has 0 aliphatic heterocycles. The Bertz CT molecular complexity index is 901. The number of aromatic nitrogens is 5. The lowest BCUT2D eigenvalue weighted by atomic mass is 10.1. The second-order valence-electron chi connectivity index (χ2n) is 6.33. The molecule has 2 heterocycles. The molecule has 9 heteroatoms. The van der Waals surface area contributed by atoms with Crippen molar-refractivity contribution < 1.29 is 0 Å². The molecule has 1 aromatic carbocycles. The van der Waals surface area contributed by atoms with Crippen LogP contribution in [-0.2, 0) is 13.6 Å². The summed E-state index contributed by atoms with van der Waals surface area (Å²) in [5, 5.41) is 19.3. The van der Waals surface area contributed by atoms with E-state index >= 15 is 0 Å². The largest absolute Gasteiger partial charge is 0.357 e. The fourth-order valence-electron chi connectivity index (χ4n) is 2.71. The smallest absolute Gasteiger partial charge is 0.192 e. The van der Waals surface area contributed by atoms with Gasteiger partial charge in [0.1, 0.15) is 12.4 Å². The molecule has 0 aliphatic carbocycles. The number of nitrogens with one attached hydrogen (secondary N) is 2. The molecule has 3 rings (SSSR count). The molecule has 3 aromatic rings. The third-order valence-corrected chi connectivity index (χ3v) is 4.40. The van der Waals surface area contributed by atoms with Crippen molar-refractivity contribution in [3.8, 4) is 5.69 Å². The van der Waals surface area contributed by atoms with E-state index in [1.165, 1.54) is 0 Å². The maximum Gasteiger partial charge on any atom is 0.192 e. The van der Waals surface area contributed by atoms with E-state index in [0.717, 1.165) is 35.4 Å². The van der Waals surface area contributed by atoms with Crippen LogP contribution in [0, 0.1) is 6.92 Å². The van der Waals surface area contributed by atoms with Crippen LogP contribution in [0.25, 0.3) is 5.69 Å². The van der Waals surface area contributed by atoms with Gasteiger partial charge in [0, 0.05) is 26.0 Å². The number of aryl methyl sites for hydroxylation is 1. The first kappa shape index (κ1) is 21.9. The van der Waals surface area contributed by atoms with Crippen molar-refractivity contribution in [3.05, 3.63) is 59.9 Å². The number of benzene rings is 1. The molecule has 0 fully saturated rings. The maximum atomic E-state index is 4.65. The van der Waals surface area contributed by atoms with Crippen LogP contribution in [0.1, 0.15) is 37.1 Å². The van der Waals surface area contributed by atoms with Crippen LogP contribution in [0.15, 0.2) is 47.7 Å². The molecular weight excluding hydrogens is 467 g/mol. The maximum absolute atomic E-state index is 4.65. The lowest BCUT2D eigenvalue weighted by Crippen LogP contribution is -2.38. The quantitative estimate of drug-likeness (QED) is 0.313. The predicted molar refractivity (Wildman–Crippen MR) is 121 cm³/mol. The summed E-state index contributed by atoms with van der Waals surface area (Å²) in [5.41, 5.74) is 2.19. The van der Waals surface area contributed by atoms with Gasteiger partial charge >= 0.3 is 0 Å². The van der Waals surface area contributed by atoms with Crippen molar-refractivity contribution in [2.24, 2.45) is 12.0 Å². The molecule has 0 amide bonds. The van der Waals surface area contributed by atoms with Gasteiger partial charge in [-0.15, -0.1) is 34.2 Å². The van der Waals surface area contributed by atoms with E-state index in [-0.39, 0.29) is 30.0 Å². The Labute approximate surface area is 182 Å². The minimum absolute atomic E-state index is 0. The van der Waals surface area contributed by atoms with Crippen LogP contribution in [-0.4, -0.2) is 37.0 Å². The van der Waals surface area contributed by atoms with Crippen LogP contribution in [0.3, 0.4) is 0 Å². The zero-order chi connectivity index (χ0) is 19.2. The van der Waals surface area contributed by atoms with E-state index in [0.29, 0.717) is 6.54 Å². The molecule has 0 saturated heterocycles. The molecule has 0 spiro atoms. The van der Waals surface area contributed by atoms with Crippen molar-refractivity contribution in [3.63, 3.8) is 0 Å². The average Bonchev–Trinajstić information content (AvgIpc) is 3.32. The molecule has 0 radical (unpaired) electrons. The molecule has 8 nitrogen and oxygen atoms in total. The summed E-state index contributed by atoms with van der Waals surface area (Å²) in [6, 6.07) is 10.3. The van der Waals surface area contributed by atoms with Gasteiger partial charge in [-0.1, -0.05) is 12.1 Å². The van der Waals surface area contributed by atoms with Crippen LogP contribution in [0.2, 0.25) is 0 Å². The first-order valence-corrected chi connectivity index (χ1v) is 9.08. The van der Waals surface area contributed by atoms with Gasteiger partial charge in [0.25, 0.3) is 0 Å². The van der Waals surface area contributed by atoms with Gasteiger partial charge in [-0.2, -0.15) is 5.10 Å². The first-order chi connectivity index (χ1) is 13.1. The molecule has 2 N–H and O–H groups in total. The Morgan fingerprint density at radius 3 is 2.71 bits per heavy atom. The zero-order valence-corrected chi connectivity index (χ0v) is 19.0. The monoisotopic (exact) mass is 494 g/mol. The number of hydrogen-bond acceptors (Lipinski definition) is 4. The standard InChI is InChI=1S/C19H26N8.HI/c1-5-20-19(21-13-18-25-24-15(3)26(18)4)23-14(2)16-8-6-9-17(12-16)27-11-7-10-22-27;/h6-12,14H,5,13H2,1-4H3,(H2,20,21,23);1H. The van der Waals surface area contributed by atoms with Crippen LogP contribution in [0.5, 0.6) is 0 Å². The SMILES string of the molecule is CCNC(=NCc1nnc(C)n1C)NC(C)c1cccc(-n2cccn2)c1.I. The third kappa shape index (κ3) is 5.31. The van der Waals surface area contributed by atoms with Crippen molar-refractivity contribution in [1.82, 2.24) is 35.2 Å². The number of aliphatic imine (C=N–C) groups is 1.